The molecule has 0 fully saturated rings. The Labute approximate surface area is 121 Å². The van der Waals surface area contributed by atoms with Crippen LogP contribution in [0.1, 0.15) is 6.92 Å². The van der Waals surface area contributed by atoms with Crippen molar-refractivity contribution in [2.24, 2.45) is 5.73 Å². The predicted molar refractivity (Wildman–Crippen MR) is 82.1 cm³/mol. The van der Waals surface area contributed by atoms with E-state index in [-0.39, 0.29) is 6.04 Å². The third kappa shape index (κ3) is 3.30. The molecule has 100 valence electrons. The number of anilines is 1. The molecule has 0 bridgehead atoms. The van der Waals surface area contributed by atoms with Crippen molar-refractivity contribution in [1.82, 2.24) is 9.97 Å². The van der Waals surface area contributed by atoms with Gasteiger partial charge in [-0.3, -0.25) is 0 Å². The molecule has 19 heavy (non-hydrogen) atoms. The maximum Gasteiger partial charge on any atom is 0.225 e. The first-order chi connectivity index (χ1) is 9.11. The Bertz CT molecular complexity index is 524. The van der Waals surface area contributed by atoms with E-state index in [1.165, 1.54) is 0 Å². The first kappa shape index (κ1) is 14.0. The van der Waals surface area contributed by atoms with E-state index in [2.05, 4.69) is 25.9 Å². The van der Waals surface area contributed by atoms with Gasteiger partial charge in [0.05, 0.1) is 0 Å². The Morgan fingerprint density at radius 1 is 1.16 bits per heavy atom. The largest absolute Gasteiger partial charge is 0.340 e. The molecule has 1 heterocycles. The highest BCUT2D eigenvalue weighted by molar-refractivity contribution is 9.10. The van der Waals surface area contributed by atoms with Crippen molar-refractivity contribution >= 4 is 21.9 Å². The lowest BCUT2D eigenvalue weighted by Crippen LogP contribution is -2.36. The van der Waals surface area contributed by atoms with Crippen LogP contribution in [0.4, 0.5) is 5.95 Å². The summed E-state index contributed by atoms with van der Waals surface area (Å²) in [4.78, 5) is 10.8. The fraction of sp³-hybridized carbons (Fsp3) is 0.286. The summed E-state index contributed by atoms with van der Waals surface area (Å²) in [6.07, 6.45) is 3.68. The SMILES string of the molecule is CC(CN)N(C)c1ncc(-c2ccc(Br)cc2)cn1. The van der Waals surface area contributed by atoms with Crippen LogP contribution in [-0.4, -0.2) is 29.6 Å². The number of hydrogen-bond donors (Lipinski definition) is 1. The first-order valence-electron chi connectivity index (χ1n) is 6.12. The number of benzene rings is 1. The second-order valence-corrected chi connectivity index (χ2v) is 5.39. The van der Waals surface area contributed by atoms with E-state index in [0.29, 0.717) is 12.5 Å². The van der Waals surface area contributed by atoms with Gasteiger partial charge in [0.25, 0.3) is 0 Å². The highest BCUT2D eigenvalue weighted by atomic mass is 79.9. The standard InChI is InChI=1S/C14H17BrN4/c1-10(7-16)19(2)14-17-8-12(9-18-14)11-3-5-13(15)6-4-11/h3-6,8-10H,7,16H2,1-2H3. The molecule has 0 aliphatic carbocycles. The molecular weight excluding hydrogens is 304 g/mol. The lowest BCUT2D eigenvalue weighted by atomic mass is 10.1. The van der Waals surface area contributed by atoms with Crippen LogP contribution in [0.3, 0.4) is 0 Å². The highest BCUT2D eigenvalue weighted by Gasteiger charge is 2.10. The molecule has 2 N–H and O–H groups in total. The van der Waals surface area contributed by atoms with Gasteiger partial charge in [0.15, 0.2) is 0 Å². The third-order valence-corrected chi connectivity index (χ3v) is 3.66. The fourth-order valence-electron chi connectivity index (χ4n) is 1.65. The molecular formula is C14H17BrN4. The van der Waals surface area contributed by atoms with Gasteiger partial charge in [-0.25, -0.2) is 9.97 Å². The van der Waals surface area contributed by atoms with Gasteiger partial charge in [-0.2, -0.15) is 0 Å². The third-order valence-electron chi connectivity index (χ3n) is 3.13. The summed E-state index contributed by atoms with van der Waals surface area (Å²) in [6, 6.07) is 8.31. The summed E-state index contributed by atoms with van der Waals surface area (Å²) in [6.45, 7) is 2.63. The summed E-state index contributed by atoms with van der Waals surface area (Å²) in [5, 5.41) is 0. The van der Waals surface area contributed by atoms with Crippen molar-refractivity contribution in [3.8, 4) is 11.1 Å². The smallest absolute Gasteiger partial charge is 0.225 e. The number of halogens is 1. The van der Waals surface area contributed by atoms with Crippen LogP contribution >= 0.6 is 15.9 Å². The maximum atomic E-state index is 5.64. The van der Waals surface area contributed by atoms with E-state index in [1.807, 2.05) is 55.5 Å². The van der Waals surface area contributed by atoms with E-state index < -0.39 is 0 Å². The van der Waals surface area contributed by atoms with Crippen molar-refractivity contribution in [2.75, 3.05) is 18.5 Å². The van der Waals surface area contributed by atoms with Crippen LogP contribution in [0.25, 0.3) is 11.1 Å². The Hall–Kier alpha value is -1.46. The molecule has 0 saturated carbocycles. The monoisotopic (exact) mass is 320 g/mol. The Kier molecular flexibility index (Phi) is 4.50. The topological polar surface area (TPSA) is 55.0 Å². The number of aromatic nitrogens is 2. The van der Waals surface area contributed by atoms with E-state index in [0.717, 1.165) is 15.6 Å². The van der Waals surface area contributed by atoms with Crippen LogP contribution in [0.15, 0.2) is 41.1 Å². The van der Waals surface area contributed by atoms with Crippen molar-refractivity contribution in [3.05, 3.63) is 41.1 Å². The van der Waals surface area contributed by atoms with Gasteiger partial charge >= 0.3 is 0 Å². The molecule has 0 saturated heterocycles. The van der Waals surface area contributed by atoms with Crippen LogP contribution in [-0.2, 0) is 0 Å². The minimum atomic E-state index is 0.221. The number of nitrogens with zero attached hydrogens (tertiary/aromatic N) is 3. The van der Waals surface area contributed by atoms with Gasteiger partial charge in [-0.1, -0.05) is 28.1 Å². The van der Waals surface area contributed by atoms with E-state index in [4.69, 9.17) is 5.73 Å². The minimum Gasteiger partial charge on any atom is -0.340 e. The summed E-state index contributed by atoms with van der Waals surface area (Å²) in [5.41, 5.74) is 7.75. The first-order valence-corrected chi connectivity index (χ1v) is 6.92. The zero-order valence-corrected chi connectivity index (χ0v) is 12.6. The number of nitrogens with two attached hydrogens (primary N) is 1. The van der Waals surface area contributed by atoms with Crippen molar-refractivity contribution in [1.29, 1.82) is 0 Å². The molecule has 1 atom stereocenters. The van der Waals surface area contributed by atoms with Crippen LogP contribution < -0.4 is 10.6 Å². The van der Waals surface area contributed by atoms with E-state index in [9.17, 15) is 0 Å². The molecule has 1 aromatic carbocycles. The number of rotatable bonds is 4. The summed E-state index contributed by atoms with van der Waals surface area (Å²) in [7, 11) is 1.95. The van der Waals surface area contributed by atoms with Crippen LogP contribution in [0.2, 0.25) is 0 Å². The lowest BCUT2D eigenvalue weighted by Gasteiger charge is -2.23. The van der Waals surface area contributed by atoms with Crippen molar-refractivity contribution in [2.45, 2.75) is 13.0 Å². The molecule has 2 aromatic rings. The fourth-order valence-corrected chi connectivity index (χ4v) is 1.91. The lowest BCUT2D eigenvalue weighted by molar-refractivity contribution is 0.678. The molecule has 0 aliphatic heterocycles. The molecule has 0 spiro atoms. The van der Waals surface area contributed by atoms with Gasteiger partial charge in [0, 0.05) is 42.1 Å². The molecule has 1 aromatic heterocycles. The Morgan fingerprint density at radius 2 is 1.74 bits per heavy atom. The van der Waals surface area contributed by atoms with E-state index in [1.54, 1.807) is 0 Å². The quantitative estimate of drug-likeness (QED) is 0.941. The second kappa shape index (κ2) is 6.12. The van der Waals surface area contributed by atoms with Crippen molar-refractivity contribution < 1.29 is 0 Å². The minimum absolute atomic E-state index is 0.221. The highest BCUT2D eigenvalue weighted by Crippen LogP contribution is 2.21. The number of hydrogen-bond acceptors (Lipinski definition) is 4. The maximum absolute atomic E-state index is 5.64. The Balaban J connectivity index is 2.21. The average molecular weight is 321 g/mol. The van der Waals surface area contributed by atoms with Gasteiger partial charge < -0.3 is 10.6 Å². The average Bonchev–Trinajstić information content (AvgIpc) is 2.46. The summed E-state index contributed by atoms with van der Waals surface area (Å²) < 4.78 is 1.06. The zero-order chi connectivity index (χ0) is 13.8. The molecule has 0 radical (unpaired) electrons. The van der Waals surface area contributed by atoms with Gasteiger partial charge in [0.1, 0.15) is 0 Å². The molecule has 2 rings (SSSR count). The predicted octanol–water partition coefficient (Wildman–Crippen LogP) is 2.69. The summed E-state index contributed by atoms with van der Waals surface area (Å²) in [5.74, 6) is 0.693. The second-order valence-electron chi connectivity index (χ2n) is 4.47. The zero-order valence-electron chi connectivity index (χ0n) is 11.0. The molecule has 0 amide bonds. The normalized spacial score (nSPS) is 12.2. The Morgan fingerprint density at radius 3 is 2.26 bits per heavy atom. The van der Waals surface area contributed by atoms with Crippen molar-refractivity contribution in [3.63, 3.8) is 0 Å². The summed E-state index contributed by atoms with van der Waals surface area (Å²) >= 11 is 3.42. The van der Waals surface area contributed by atoms with Gasteiger partial charge in [-0.05, 0) is 24.6 Å². The van der Waals surface area contributed by atoms with Gasteiger partial charge in [-0.15, -0.1) is 0 Å². The molecule has 0 aliphatic rings. The number of likely N-dealkylation sites (N-methyl/N-ethyl adjacent to an activating group) is 1. The van der Waals surface area contributed by atoms with Gasteiger partial charge in [0.2, 0.25) is 5.95 Å². The molecule has 4 nitrogen and oxygen atoms in total. The van der Waals surface area contributed by atoms with Crippen LogP contribution in [0, 0.1) is 0 Å². The van der Waals surface area contributed by atoms with E-state index >= 15 is 0 Å². The molecule has 1 unspecified atom stereocenters. The van der Waals surface area contributed by atoms with Crippen LogP contribution in [0.5, 0.6) is 0 Å². The molecule has 5 heteroatoms.